The van der Waals surface area contributed by atoms with Crippen molar-refractivity contribution in [1.29, 1.82) is 0 Å². The number of halogens is 2. The summed E-state index contributed by atoms with van der Waals surface area (Å²) in [6.45, 7) is 3.61. The largest absolute Gasteiger partial charge is 0.496 e. The average molecular weight is 350 g/mol. The Bertz CT molecular complexity index is 772. The molecule has 0 aliphatic rings. The van der Waals surface area contributed by atoms with E-state index in [1.165, 1.54) is 11.7 Å². The molecule has 0 radical (unpaired) electrons. The maximum atomic E-state index is 11.6. The Kier molecular flexibility index (Phi) is 4.46. The zero-order valence-corrected chi connectivity index (χ0v) is 13.9. The third-order valence-corrected chi connectivity index (χ3v) is 4.17. The first-order valence-electron chi connectivity index (χ1n) is 5.99. The monoisotopic (exact) mass is 349 g/mol. The Morgan fingerprint density at radius 3 is 2.48 bits per heavy atom. The van der Waals surface area contributed by atoms with Gasteiger partial charge in [-0.25, -0.2) is 8.42 Å². The van der Waals surface area contributed by atoms with Gasteiger partial charge in [-0.2, -0.15) is 0 Å². The second-order valence-corrected chi connectivity index (χ2v) is 7.45. The number of nitrogens with zero attached hydrogens (tertiary/aromatic N) is 3. The lowest BCUT2D eigenvalue weighted by Gasteiger charge is -2.14. The molecule has 0 saturated carbocycles. The molecule has 0 N–H and O–H groups in total. The first-order valence-corrected chi connectivity index (χ1v) is 8.68. The number of methoxy groups -OCH3 is 1. The summed E-state index contributed by atoms with van der Waals surface area (Å²) in [5.74, 6) is 0.813. The van der Waals surface area contributed by atoms with Crippen molar-refractivity contribution in [3.05, 3.63) is 23.2 Å². The molecule has 0 amide bonds. The standard InChI is InChI=1S/C12H13Cl2N3O3S/c1-7(2)17-11(15-16-12(17)21(14,18)19)9-5-4-8(13)6-10(9)20-3/h4-7H,1-3H3. The van der Waals surface area contributed by atoms with Crippen molar-refractivity contribution in [3.63, 3.8) is 0 Å². The topological polar surface area (TPSA) is 74.1 Å². The van der Waals surface area contributed by atoms with Crippen molar-refractivity contribution in [2.24, 2.45) is 0 Å². The highest BCUT2D eigenvalue weighted by Gasteiger charge is 2.26. The van der Waals surface area contributed by atoms with Gasteiger partial charge in [0.2, 0.25) is 0 Å². The van der Waals surface area contributed by atoms with Gasteiger partial charge in [0, 0.05) is 21.7 Å². The molecule has 1 heterocycles. The molecule has 0 aliphatic carbocycles. The fraction of sp³-hybridized carbons (Fsp3) is 0.333. The summed E-state index contributed by atoms with van der Waals surface area (Å²) in [5, 5.41) is 7.82. The van der Waals surface area contributed by atoms with E-state index in [-0.39, 0.29) is 11.2 Å². The molecule has 0 spiro atoms. The quantitative estimate of drug-likeness (QED) is 0.792. The van der Waals surface area contributed by atoms with Crippen LogP contribution in [0.5, 0.6) is 5.75 Å². The third kappa shape index (κ3) is 3.14. The predicted molar refractivity (Wildman–Crippen MR) is 80.4 cm³/mol. The van der Waals surface area contributed by atoms with Crippen LogP contribution in [0.4, 0.5) is 0 Å². The van der Waals surface area contributed by atoms with Crippen molar-refractivity contribution in [1.82, 2.24) is 14.8 Å². The lowest BCUT2D eigenvalue weighted by Crippen LogP contribution is -2.10. The highest BCUT2D eigenvalue weighted by atomic mass is 35.7. The maximum absolute atomic E-state index is 11.6. The average Bonchev–Trinajstić information content (AvgIpc) is 2.83. The van der Waals surface area contributed by atoms with E-state index in [0.29, 0.717) is 22.2 Å². The van der Waals surface area contributed by atoms with Gasteiger partial charge >= 0.3 is 0 Å². The minimum Gasteiger partial charge on any atom is -0.496 e. The highest BCUT2D eigenvalue weighted by molar-refractivity contribution is 8.13. The normalized spacial score (nSPS) is 11.9. The van der Waals surface area contributed by atoms with Crippen LogP contribution in [-0.4, -0.2) is 30.3 Å². The van der Waals surface area contributed by atoms with E-state index in [9.17, 15) is 8.42 Å². The Labute approximate surface area is 132 Å². The summed E-state index contributed by atoms with van der Waals surface area (Å²) in [6.07, 6.45) is 0. The van der Waals surface area contributed by atoms with Gasteiger partial charge in [-0.1, -0.05) is 11.6 Å². The molecule has 0 atom stereocenters. The third-order valence-electron chi connectivity index (χ3n) is 2.80. The number of aromatic nitrogens is 3. The molecule has 114 valence electrons. The summed E-state index contributed by atoms with van der Waals surface area (Å²) in [7, 11) is 2.90. The lowest BCUT2D eigenvalue weighted by molar-refractivity contribution is 0.415. The van der Waals surface area contributed by atoms with E-state index in [0.717, 1.165) is 0 Å². The van der Waals surface area contributed by atoms with Crippen LogP contribution >= 0.6 is 22.3 Å². The number of ether oxygens (including phenoxy) is 1. The zero-order valence-electron chi connectivity index (χ0n) is 11.5. The molecule has 21 heavy (non-hydrogen) atoms. The van der Waals surface area contributed by atoms with Gasteiger partial charge in [0.15, 0.2) is 5.82 Å². The van der Waals surface area contributed by atoms with Crippen LogP contribution < -0.4 is 4.74 Å². The number of hydrogen-bond donors (Lipinski definition) is 0. The number of rotatable bonds is 4. The van der Waals surface area contributed by atoms with Gasteiger partial charge < -0.3 is 4.74 Å². The van der Waals surface area contributed by atoms with E-state index in [1.54, 1.807) is 32.0 Å². The second-order valence-electron chi connectivity index (χ2n) is 4.55. The molecule has 2 aromatic rings. The van der Waals surface area contributed by atoms with Crippen LogP contribution in [-0.2, 0) is 9.05 Å². The molecule has 0 bridgehead atoms. The van der Waals surface area contributed by atoms with Crippen LogP contribution in [0.1, 0.15) is 19.9 Å². The van der Waals surface area contributed by atoms with Gasteiger partial charge in [0.1, 0.15) is 5.75 Å². The fourth-order valence-electron chi connectivity index (χ4n) is 1.94. The van der Waals surface area contributed by atoms with Crippen molar-refractivity contribution in [2.75, 3.05) is 7.11 Å². The summed E-state index contributed by atoms with van der Waals surface area (Å²) >= 11 is 5.92. The minimum atomic E-state index is -4.00. The molecule has 9 heteroatoms. The van der Waals surface area contributed by atoms with Crippen LogP contribution in [0.3, 0.4) is 0 Å². The molecule has 1 aromatic heterocycles. The van der Waals surface area contributed by atoms with Gasteiger partial charge in [-0.15, -0.1) is 10.2 Å². The molecular formula is C12H13Cl2N3O3S. The lowest BCUT2D eigenvalue weighted by atomic mass is 10.2. The van der Waals surface area contributed by atoms with Gasteiger partial charge in [-0.05, 0) is 32.0 Å². The summed E-state index contributed by atoms with van der Waals surface area (Å²) in [5.41, 5.74) is 0.578. The van der Waals surface area contributed by atoms with E-state index in [4.69, 9.17) is 27.0 Å². The van der Waals surface area contributed by atoms with E-state index in [2.05, 4.69) is 10.2 Å². The first-order chi connectivity index (χ1) is 9.75. The summed E-state index contributed by atoms with van der Waals surface area (Å²) in [4.78, 5) is 0. The molecule has 2 rings (SSSR count). The van der Waals surface area contributed by atoms with Gasteiger partial charge in [-0.3, -0.25) is 4.57 Å². The van der Waals surface area contributed by atoms with Crippen LogP contribution in [0.2, 0.25) is 5.02 Å². The highest BCUT2D eigenvalue weighted by Crippen LogP contribution is 2.34. The molecule has 0 saturated heterocycles. The SMILES string of the molecule is COc1cc(Cl)ccc1-c1nnc(S(=O)(=O)Cl)n1C(C)C. The van der Waals surface area contributed by atoms with E-state index >= 15 is 0 Å². The van der Waals surface area contributed by atoms with E-state index < -0.39 is 9.05 Å². The molecule has 0 fully saturated rings. The Balaban J connectivity index is 2.74. The van der Waals surface area contributed by atoms with Crippen molar-refractivity contribution in [3.8, 4) is 17.1 Å². The smallest absolute Gasteiger partial charge is 0.296 e. The first kappa shape index (κ1) is 16.1. The molecule has 1 aromatic carbocycles. The van der Waals surface area contributed by atoms with Crippen LogP contribution in [0.15, 0.2) is 23.4 Å². The Morgan fingerprint density at radius 2 is 1.95 bits per heavy atom. The van der Waals surface area contributed by atoms with Crippen molar-refractivity contribution >= 4 is 31.3 Å². The minimum absolute atomic E-state index is 0.209. The second kappa shape index (κ2) is 5.82. The number of benzene rings is 1. The fourth-order valence-corrected chi connectivity index (χ4v) is 3.09. The summed E-state index contributed by atoms with van der Waals surface area (Å²) < 4.78 is 29.9. The van der Waals surface area contributed by atoms with Crippen LogP contribution in [0.25, 0.3) is 11.4 Å². The molecular weight excluding hydrogens is 337 g/mol. The predicted octanol–water partition coefficient (Wildman–Crippen LogP) is 3.12. The van der Waals surface area contributed by atoms with E-state index in [1.807, 2.05) is 0 Å². The van der Waals surface area contributed by atoms with Gasteiger partial charge in [0.05, 0.1) is 12.7 Å². The summed E-state index contributed by atoms with van der Waals surface area (Å²) in [6, 6.07) is 4.76. The maximum Gasteiger partial charge on any atom is 0.296 e. The molecule has 0 unspecified atom stereocenters. The van der Waals surface area contributed by atoms with Gasteiger partial charge in [0.25, 0.3) is 14.2 Å². The Hall–Kier alpha value is -1.31. The van der Waals surface area contributed by atoms with Crippen LogP contribution in [0, 0.1) is 0 Å². The molecule has 0 aliphatic heterocycles. The van der Waals surface area contributed by atoms with Crippen molar-refractivity contribution in [2.45, 2.75) is 25.0 Å². The number of hydrogen-bond acceptors (Lipinski definition) is 5. The zero-order chi connectivity index (χ0) is 15.8. The van der Waals surface area contributed by atoms with Crippen molar-refractivity contribution < 1.29 is 13.2 Å². The Morgan fingerprint density at radius 1 is 1.29 bits per heavy atom. The molecule has 6 nitrogen and oxygen atoms in total.